The summed E-state index contributed by atoms with van der Waals surface area (Å²) in [4.78, 5) is 13.4. The third-order valence-corrected chi connectivity index (χ3v) is 3.95. The largest absolute Gasteiger partial charge is 0.478 e. The normalized spacial score (nSPS) is 10.7. The van der Waals surface area contributed by atoms with Crippen molar-refractivity contribution in [3.63, 3.8) is 0 Å². The van der Waals surface area contributed by atoms with E-state index in [1.54, 1.807) is 6.07 Å². The fourth-order valence-electron chi connectivity index (χ4n) is 2.43. The van der Waals surface area contributed by atoms with Gasteiger partial charge in [-0.1, -0.05) is 37.6 Å². The predicted octanol–water partition coefficient (Wildman–Crippen LogP) is 4.97. The molecule has 0 spiro atoms. The molecule has 0 unspecified atom stereocenters. The summed E-state index contributed by atoms with van der Waals surface area (Å²) >= 11 is 6.28. The summed E-state index contributed by atoms with van der Waals surface area (Å²) in [7, 11) is 3.80. The fraction of sp³-hybridized carbons (Fsp3) is 0.278. The first-order valence-electron chi connectivity index (χ1n) is 7.41. The number of hydrogen-bond acceptors (Lipinski definition) is 3. The second kappa shape index (κ2) is 6.92. The molecule has 0 aliphatic rings. The number of aromatic carboxylic acids is 1. The van der Waals surface area contributed by atoms with Crippen LogP contribution < -0.4 is 10.2 Å². The van der Waals surface area contributed by atoms with Crippen molar-refractivity contribution in [2.45, 2.75) is 19.8 Å². The van der Waals surface area contributed by atoms with Crippen molar-refractivity contribution in [3.8, 4) is 0 Å². The highest BCUT2D eigenvalue weighted by Crippen LogP contribution is 2.35. The molecule has 0 heterocycles. The standard InChI is InChI=1S/C18H21ClN2O2/c1-11(2)12-8-9-13(18(22)23)16(10-12)20-15-7-5-6-14(19)17(15)21(3)4/h5-11,20H,1-4H3,(H,22,23). The molecule has 0 aromatic heterocycles. The molecule has 2 aromatic carbocycles. The number of anilines is 3. The molecule has 0 amide bonds. The van der Waals surface area contributed by atoms with Crippen LogP contribution in [0.15, 0.2) is 36.4 Å². The van der Waals surface area contributed by atoms with Crippen LogP contribution >= 0.6 is 11.6 Å². The number of carbonyl (C=O) groups is 1. The summed E-state index contributed by atoms with van der Waals surface area (Å²) in [5.74, 6) is -0.651. The first kappa shape index (κ1) is 17.2. The van der Waals surface area contributed by atoms with Gasteiger partial charge in [0.1, 0.15) is 0 Å². The Labute approximate surface area is 141 Å². The maximum atomic E-state index is 11.5. The number of benzene rings is 2. The van der Waals surface area contributed by atoms with Gasteiger partial charge in [-0.2, -0.15) is 0 Å². The van der Waals surface area contributed by atoms with Crippen molar-refractivity contribution >= 4 is 34.6 Å². The van der Waals surface area contributed by atoms with E-state index in [4.69, 9.17) is 11.6 Å². The molecule has 122 valence electrons. The minimum atomic E-state index is -0.962. The van der Waals surface area contributed by atoms with E-state index in [0.29, 0.717) is 16.6 Å². The third-order valence-electron chi connectivity index (χ3n) is 3.64. The molecule has 0 radical (unpaired) electrons. The second-order valence-electron chi connectivity index (χ2n) is 5.92. The van der Waals surface area contributed by atoms with Crippen LogP contribution in [0.1, 0.15) is 35.7 Å². The molecular weight excluding hydrogens is 312 g/mol. The summed E-state index contributed by atoms with van der Waals surface area (Å²) in [6.07, 6.45) is 0. The Morgan fingerprint density at radius 3 is 2.43 bits per heavy atom. The highest BCUT2D eigenvalue weighted by atomic mass is 35.5. The highest BCUT2D eigenvalue weighted by molar-refractivity contribution is 6.34. The van der Waals surface area contributed by atoms with Gasteiger partial charge in [-0.3, -0.25) is 0 Å². The van der Waals surface area contributed by atoms with E-state index in [1.807, 2.05) is 49.3 Å². The molecule has 2 N–H and O–H groups in total. The number of para-hydroxylation sites is 1. The van der Waals surface area contributed by atoms with Gasteiger partial charge in [-0.05, 0) is 35.7 Å². The molecule has 2 rings (SSSR count). The zero-order valence-corrected chi connectivity index (χ0v) is 14.5. The van der Waals surface area contributed by atoms with Crippen molar-refractivity contribution in [1.82, 2.24) is 0 Å². The number of carboxylic acid groups (broad SMARTS) is 1. The average Bonchev–Trinajstić information content (AvgIpc) is 2.46. The van der Waals surface area contributed by atoms with Gasteiger partial charge in [0.25, 0.3) is 0 Å². The Morgan fingerprint density at radius 2 is 1.87 bits per heavy atom. The van der Waals surface area contributed by atoms with Gasteiger partial charge in [-0.15, -0.1) is 0 Å². The monoisotopic (exact) mass is 332 g/mol. The van der Waals surface area contributed by atoms with Crippen molar-refractivity contribution in [1.29, 1.82) is 0 Å². The van der Waals surface area contributed by atoms with Gasteiger partial charge in [0.05, 0.1) is 27.6 Å². The minimum Gasteiger partial charge on any atom is -0.478 e. The van der Waals surface area contributed by atoms with Gasteiger partial charge >= 0.3 is 5.97 Å². The van der Waals surface area contributed by atoms with Crippen molar-refractivity contribution in [3.05, 3.63) is 52.5 Å². The molecule has 0 bridgehead atoms. The molecule has 0 saturated heterocycles. The SMILES string of the molecule is CC(C)c1ccc(C(=O)O)c(Nc2cccc(Cl)c2N(C)C)c1. The van der Waals surface area contributed by atoms with Gasteiger partial charge in [0.2, 0.25) is 0 Å². The van der Waals surface area contributed by atoms with Crippen LogP contribution in [-0.4, -0.2) is 25.2 Å². The first-order chi connectivity index (χ1) is 10.8. The zero-order chi connectivity index (χ0) is 17.1. The topological polar surface area (TPSA) is 52.6 Å². The Kier molecular flexibility index (Phi) is 5.16. The smallest absolute Gasteiger partial charge is 0.337 e. The van der Waals surface area contributed by atoms with Crippen LogP contribution in [-0.2, 0) is 0 Å². The maximum Gasteiger partial charge on any atom is 0.337 e. The van der Waals surface area contributed by atoms with E-state index in [9.17, 15) is 9.90 Å². The molecule has 4 nitrogen and oxygen atoms in total. The molecule has 0 fully saturated rings. The highest BCUT2D eigenvalue weighted by Gasteiger charge is 2.15. The van der Waals surface area contributed by atoms with Gasteiger partial charge < -0.3 is 15.3 Å². The van der Waals surface area contributed by atoms with Crippen LogP contribution in [0.2, 0.25) is 5.02 Å². The molecule has 0 atom stereocenters. The lowest BCUT2D eigenvalue weighted by atomic mass is 10.00. The lowest BCUT2D eigenvalue weighted by Crippen LogP contribution is -2.12. The number of rotatable bonds is 5. The molecule has 0 aliphatic heterocycles. The van der Waals surface area contributed by atoms with E-state index in [0.717, 1.165) is 16.9 Å². The molecule has 5 heteroatoms. The lowest BCUT2D eigenvalue weighted by Gasteiger charge is -2.21. The van der Waals surface area contributed by atoms with Crippen LogP contribution in [0.3, 0.4) is 0 Å². The lowest BCUT2D eigenvalue weighted by molar-refractivity contribution is 0.0698. The summed E-state index contributed by atoms with van der Waals surface area (Å²) in [6, 6.07) is 10.9. The molecule has 0 saturated carbocycles. The quantitative estimate of drug-likeness (QED) is 0.811. The summed E-state index contributed by atoms with van der Waals surface area (Å²) in [5.41, 5.74) is 3.46. The van der Waals surface area contributed by atoms with Crippen LogP contribution in [0.25, 0.3) is 0 Å². The molecule has 23 heavy (non-hydrogen) atoms. The Balaban J connectivity index is 2.53. The Hall–Kier alpha value is -2.20. The minimum absolute atomic E-state index is 0.235. The Morgan fingerprint density at radius 1 is 1.17 bits per heavy atom. The van der Waals surface area contributed by atoms with Crippen LogP contribution in [0.4, 0.5) is 17.1 Å². The number of hydrogen-bond donors (Lipinski definition) is 2. The van der Waals surface area contributed by atoms with E-state index >= 15 is 0 Å². The van der Waals surface area contributed by atoms with Gasteiger partial charge in [0.15, 0.2) is 0 Å². The fourth-order valence-corrected chi connectivity index (χ4v) is 2.77. The van der Waals surface area contributed by atoms with Crippen molar-refractivity contribution in [2.24, 2.45) is 0 Å². The van der Waals surface area contributed by atoms with Crippen LogP contribution in [0.5, 0.6) is 0 Å². The van der Waals surface area contributed by atoms with E-state index in [2.05, 4.69) is 19.2 Å². The van der Waals surface area contributed by atoms with E-state index in [-0.39, 0.29) is 5.56 Å². The second-order valence-corrected chi connectivity index (χ2v) is 6.33. The number of carboxylic acids is 1. The van der Waals surface area contributed by atoms with Crippen molar-refractivity contribution < 1.29 is 9.90 Å². The molecule has 0 aliphatic carbocycles. The van der Waals surface area contributed by atoms with E-state index < -0.39 is 5.97 Å². The average molecular weight is 333 g/mol. The summed E-state index contributed by atoms with van der Waals surface area (Å²) in [6.45, 7) is 4.15. The van der Waals surface area contributed by atoms with Crippen molar-refractivity contribution in [2.75, 3.05) is 24.3 Å². The van der Waals surface area contributed by atoms with Crippen LogP contribution in [0, 0.1) is 0 Å². The van der Waals surface area contributed by atoms with E-state index in [1.165, 1.54) is 0 Å². The Bertz CT molecular complexity index is 727. The zero-order valence-electron chi connectivity index (χ0n) is 13.7. The molecular formula is C18H21ClN2O2. The number of halogens is 1. The maximum absolute atomic E-state index is 11.5. The summed E-state index contributed by atoms with van der Waals surface area (Å²) in [5, 5.41) is 13.3. The summed E-state index contributed by atoms with van der Waals surface area (Å²) < 4.78 is 0. The first-order valence-corrected chi connectivity index (χ1v) is 7.79. The third kappa shape index (κ3) is 3.77. The molecule has 2 aromatic rings. The number of nitrogens with zero attached hydrogens (tertiary/aromatic N) is 1. The predicted molar refractivity (Wildman–Crippen MR) is 96.6 cm³/mol. The number of nitrogens with one attached hydrogen (secondary N) is 1. The van der Waals surface area contributed by atoms with Gasteiger partial charge in [-0.25, -0.2) is 4.79 Å². The van der Waals surface area contributed by atoms with Gasteiger partial charge in [0, 0.05) is 14.1 Å².